The monoisotopic (exact) mass is 230 g/mol. The maximum atomic E-state index is 11.7. The van der Waals surface area contributed by atoms with Crippen molar-refractivity contribution in [2.75, 3.05) is 5.43 Å². The van der Waals surface area contributed by atoms with E-state index in [-0.39, 0.29) is 11.4 Å². The Balaban J connectivity index is 2.41. The molecular weight excluding hydrogens is 216 g/mol. The second kappa shape index (κ2) is 4.78. The molecule has 0 fully saturated rings. The molecule has 0 spiro atoms. The van der Waals surface area contributed by atoms with E-state index in [2.05, 4.69) is 20.5 Å². The number of hydrogen-bond donors (Lipinski definition) is 2. The molecule has 0 radical (unpaired) electrons. The molecule has 1 aromatic heterocycles. The fourth-order valence-corrected chi connectivity index (χ4v) is 1.33. The lowest BCUT2D eigenvalue weighted by Gasteiger charge is -2.02. The summed E-state index contributed by atoms with van der Waals surface area (Å²) in [4.78, 5) is 18.7. The minimum Gasteiger partial charge on any atom is -0.317 e. The summed E-state index contributed by atoms with van der Waals surface area (Å²) in [6, 6.07) is 7.38. The average molecular weight is 230 g/mol. The Labute approximate surface area is 98.6 Å². The van der Waals surface area contributed by atoms with E-state index in [4.69, 9.17) is 0 Å². The van der Waals surface area contributed by atoms with Gasteiger partial charge in [-0.2, -0.15) is 5.10 Å². The molecular formula is C12H14N4O. The molecule has 2 aromatic rings. The molecule has 0 aliphatic rings. The number of hydrazone groups is 1. The summed E-state index contributed by atoms with van der Waals surface area (Å²) in [7, 11) is 0. The van der Waals surface area contributed by atoms with Crippen molar-refractivity contribution in [2.24, 2.45) is 5.10 Å². The average Bonchev–Trinajstić information content (AvgIpc) is 2.35. The number of nitrogens with one attached hydrogen (secondary N) is 2. The third-order valence-electron chi connectivity index (χ3n) is 2.46. The third kappa shape index (κ3) is 2.50. The highest BCUT2D eigenvalue weighted by Crippen LogP contribution is 2.07. The molecule has 0 saturated carbocycles. The second-order valence-corrected chi connectivity index (χ2v) is 3.74. The van der Waals surface area contributed by atoms with Crippen molar-refractivity contribution in [2.45, 2.75) is 20.3 Å². The number of aromatic amines is 1. The van der Waals surface area contributed by atoms with Crippen molar-refractivity contribution >= 4 is 22.6 Å². The maximum absolute atomic E-state index is 11.7. The number of rotatable bonds is 3. The van der Waals surface area contributed by atoms with Gasteiger partial charge < -0.3 is 4.98 Å². The van der Waals surface area contributed by atoms with Gasteiger partial charge in [0.05, 0.1) is 11.0 Å². The summed E-state index contributed by atoms with van der Waals surface area (Å²) < 4.78 is 0. The van der Waals surface area contributed by atoms with Gasteiger partial charge in [0.2, 0.25) is 5.82 Å². The molecule has 5 nitrogen and oxygen atoms in total. The number of nitrogens with zero attached hydrogens (tertiary/aromatic N) is 2. The normalized spacial score (nSPS) is 11.8. The minimum atomic E-state index is -0.267. The molecule has 1 heterocycles. The molecule has 88 valence electrons. The van der Waals surface area contributed by atoms with Crippen LogP contribution in [0.3, 0.4) is 0 Å². The van der Waals surface area contributed by atoms with Crippen LogP contribution in [0.2, 0.25) is 0 Å². The summed E-state index contributed by atoms with van der Waals surface area (Å²) in [5.74, 6) is 0.219. The lowest BCUT2D eigenvalue weighted by molar-refractivity contribution is 1.14. The highest BCUT2D eigenvalue weighted by molar-refractivity contribution is 5.82. The van der Waals surface area contributed by atoms with Gasteiger partial charge in [0.1, 0.15) is 0 Å². The number of H-pyrrole nitrogens is 1. The molecule has 0 saturated heterocycles. The van der Waals surface area contributed by atoms with Crippen LogP contribution < -0.4 is 11.0 Å². The van der Waals surface area contributed by atoms with Crippen molar-refractivity contribution < 1.29 is 0 Å². The molecule has 5 heteroatoms. The quantitative estimate of drug-likeness (QED) is 0.626. The van der Waals surface area contributed by atoms with Crippen LogP contribution in [0.5, 0.6) is 0 Å². The zero-order valence-electron chi connectivity index (χ0n) is 9.82. The van der Waals surface area contributed by atoms with Crippen LogP contribution in [0.15, 0.2) is 34.2 Å². The van der Waals surface area contributed by atoms with Crippen molar-refractivity contribution in [1.82, 2.24) is 9.97 Å². The zero-order chi connectivity index (χ0) is 12.3. The van der Waals surface area contributed by atoms with Crippen LogP contribution in [0, 0.1) is 0 Å². The van der Waals surface area contributed by atoms with Crippen molar-refractivity contribution in [1.29, 1.82) is 0 Å². The summed E-state index contributed by atoms with van der Waals surface area (Å²) in [6.07, 6.45) is 0.832. The predicted octanol–water partition coefficient (Wildman–Crippen LogP) is 2.12. The Hall–Kier alpha value is -2.17. The van der Waals surface area contributed by atoms with Crippen LogP contribution in [0.1, 0.15) is 20.3 Å². The predicted molar refractivity (Wildman–Crippen MR) is 69.4 cm³/mol. The number of fused-ring (bicyclic) bond motifs is 1. The second-order valence-electron chi connectivity index (χ2n) is 3.74. The number of anilines is 1. The van der Waals surface area contributed by atoms with Crippen molar-refractivity contribution in [3.05, 3.63) is 34.6 Å². The smallest absolute Gasteiger partial charge is 0.293 e. The summed E-state index contributed by atoms with van der Waals surface area (Å²) in [5, 5.41) is 4.06. The molecule has 2 rings (SSSR count). The largest absolute Gasteiger partial charge is 0.317 e. The molecule has 17 heavy (non-hydrogen) atoms. The molecule has 0 unspecified atom stereocenters. The minimum absolute atomic E-state index is 0.219. The fourth-order valence-electron chi connectivity index (χ4n) is 1.33. The van der Waals surface area contributed by atoms with Crippen LogP contribution in [0.25, 0.3) is 11.0 Å². The number of aromatic nitrogens is 2. The van der Waals surface area contributed by atoms with Gasteiger partial charge in [-0.05, 0) is 25.5 Å². The highest BCUT2D eigenvalue weighted by Gasteiger charge is 2.02. The van der Waals surface area contributed by atoms with E-state index in [1.54, 1.807) is 0 Å². The van der Waals surface area contributed by atoms with Gasteiger partial charge in [-0.25, -0.2) is 4.98 Å². The van der Waals surface area contributed by atoms with Crippen molar-refractivity contribution in [3.63, 3.8) is 0 Å². The van der Waals surface area contributed by atoms with Gasteiger partial charge >= 0.3 is 0 Å². The molecule has 0 amide bonds. The van der Waals surface area contributed by atoms with Gasteiger partial charge in [0.15, 0.2) is 0 Å². The maximum Gasteiger partial charge on any atom is 0.293 e. The first-order valence-corrected chi connectivity index (χ1v) is 5.49. The van der Waals surface area contributed by atoms with E-state index < -0.39 is 0 Å². The van der Waals surface area contributed by atoms with Gasteiger partial charge in [0, 0.05) is 5.71 Å². The van der Waals surface area contributed by atoms with E-state index in [1.165, 1.54) is 0 Å². The Bertz CT molecular complexity index is 615. The molecule has 1 aromatic carbocycles. The topological polar surface area (TPSA) is 70.1 Å². The van der Waals surface area contributed by atoms with Crippen LogP contribution in [-0.4, -0.2) is 15.7 Å². The summed E-state index contributed by atoms with van der Waals surface area (Å²) in [5.41, 5.74) is 4.79. The van der Waals surface area contributed by atoms with E-state index in [0.29, 0.717) is 0 Å². The lowest BCUT2D eigenvalue weighted by Crippen LogP contribution is -2.14. The van der Waals surface area contributed by atoms with E-state index in [1.807, 2.05) is 38.1 Å². The molecule has 0 aliphatic carbocycles. The van der Waals surface area contributed by atoms with Gasteiger partial charge in [-0.3, -0.25) is 10.2 Å². The number of benzene rings is 1. The summed E-state index contributed by atoms with van der Waals surface area (Å²) in [6.45, 7) is 3.89. The van der Waals surface area contributed by atoms with E-state index in [9.17, 15) is 4.79 Å². The lowest BCUT2D eigenvalue weighted by atomic mass is 10.3. The molecule has 2 N–H and O–H groups in total. The highest BCUT2D eigenvalue weighted by atomic mass is 16.1. The van der Waals surface area contributed by atoms with Gasteiger partial charge in [-0.1, -0.05) is 19.1 Å². The van der Waals surface area contributed by atoms with Crippen LogP contribution >= 0.6 is 0 Å². The molecule has 0 atom stereocenters. The van der Waals surface area contributed by atoms with Crippen LogP contribution in [0.4, 0.5) is 5.82 Å². The van der Waals surface area contributed by atoms with Gasteiger partial charge in [-0.15, -0.1) is 0 Å². The number of hydrogen-bond acceptors (Lipinski definition) is 4. The Kier molecular flexibility index (Phi) is 3.18. The first kappa shape index (κ1) is 11.3. The zero-order valence-corrected chi connectivity index (χ0v) is 9.82. The Morgan fingerprint density at radius 1 is 1.47 bits per heavy atom. The Morgan fingerprint density at radius 2 is 2.24 bits per heavy atom. The van der Waals surface area contributed by atoms with E-state index in [0.717, 1.165) is 23.2 Å². The fraction of sp³-hybridized carbons (Fsp3) is 0.250. The summed E-state index contributed by atoms with van der Waals surface area (Å²) >= 11 is 0. The molecule has 0 bridgehead atoms. The van der Waals surface area contributed by atoms with Gasteiger partial charge in [0.25, 0.3) is 5.56 Å². The third-order valence-corrected chi connectivity index (χ3v) is 2.46. The first-order chi connectivity index (χ1) is 8.20. The van der Waals surface area contributed by atoms with Crippen molar-refractivity contribution in [3.8, 4) is 0 Å². The standard InChI is InChI=1S/C12H14N4O/c1-3-8(2)15-16-11-12(17)14-10-7-5-4-6-9(10)13-11/h4-7H,3H2,1-2H3,(H,13,16)(H,14,17)/b15-8+. The first-order valence-electron chi connectivity index (χ1n) is 5.49. The number of para-hydroxylation sites is 2. The van der Waals surface area contributed by atoms with E-state index >= 15 is 0 Å². The SMILES string of the molecule is CC/C(C)=N/Nc1nc2ccccc2[nH]c1=O. The molecule has 0 aliphatic heterocycles. The van der Waals surface area contributed by atoms with Crippen LogP contribution in [-0.2, 0) is 0 Å². The Morgan fingerprint density at radius 3 is 3.00 bits per heavy atom.